The summed E-state index contributed by atoms with van der Waals surface area (Å²) in [4.78, 5) is 0. The number of hydrogen-bond donors (Lipinski definition) is 0. The van der Waals surface area contributed by atoms with E-state index in [1.54, 1.807) is 12.1 Å². The molecule has 0 aliphatic rings. The molecule has 2 heteroatoms. The van der Waals surface area contributed by atoms with Crippen LogP contribution >= 0.6 is 0 Å². The fourth-order valence-electron chi connectivity index (χ4n) is 0.926. The van der Waals surface area contributed by atoms with Crippen molar-refractivity contribution in [2.24, 2.45) is 0 Å². The Labute approximate surface area is 76.1 Å². The molecule has 0 aromatic heterocycles. The van der Waals surface area contributed by atoms with Crippen LogP contribution in [0.2, 0.25) is 0 Å². The van der Waals surface area contributed by atoms with Gasteiger partial charge in [0, 0.05) is 11.6 Å². The van der Waals surface area contributed by atoms with Crippen LogP contribution in [0, 0.1) is 29.5 Å². The van der Waals surface area contributed by atoms with Gasteiger partial charge in [-0.1, -0.05) is 12.0 Å². The van der Waals surface area contributed by atoms with E-state index in [2.05, 4.69) is 5.92 Å². The second kappa shape index (κ2) is 4.09. The van der Waals surface area contributed by atoms with Crippen LogP contribution in [0.4, 0.5) is 4.39 Å². The molecule has 0 spiro atoms. The SMILES string of the molecule is C#Cc1cc(F)ccc1/C=C/C#N. The van der Waals surface area contributed by atoms with Crippen LogP contribution in [-0.4, -0.2) is 0 Å². The molecule has 1 nitrogen and oxygen atoms in total. The summed E-state index contributed by atoms with van der Waals surface area (Å²) in [6, 6.07) is 5.94. The molecule has 1 aromatic carbocycles. The highest BCUT2D eigenvalue weighted by molar-refractivity contribution is 5.60. The quantitative estimate of drug-likeness (QED) is 0.470. The lowest BCUT2D eigenvalue weighted by Crippen LogP contribution is -1.83. The number of hydrogen-bond acceptors (Lipinski definition) is 1. The number of nitriles is 1. The number of rotatable bonds is 1. The summed E-state index contributed by atoms with van der Waals surface area (Å²) >= 11 is 0. The fourth-order valence-corrected chi connectivity index (χ4v) is 0.926. The van der Waals surface area contributed by atoms with Crippen molar-refractivity contribution >= 4 is 6.08 Å². The van der Waals surface area contributed by atoms with E-state index in [-0.39, 0.29) is 5.82 Å². The Morgan fingerprint density at radius 1 is 1.46 bits per heavy atom. The van der Waals surface area contributed by atoms with Crippen molar-refractivity contribution in [3.63, 3.8) is 0 Å². The fraction of sp³-hybridized carbons (Fsp3) is 0. The molecule has 1 aromatic rings. The molecule has 0 aliphatic heterocycles. The highest BCUT2D eigenvalue weighted by Gasteiger charge is 1.97. The molecule has 0 fully saturated rings. The Bertz CT molecular complexity index is 419. The molecule has 0 amide bonds. The summed E-state index contributed by atoms with van der Waals surface area (Å²) in [5.41, 5.74) is 1.12. The predicted molar refractivity (Wildman–Crippen MR) is 49.0 cm³/mol. The Hall–Kier alpha value is -2.06. The van der Waals surface area contributed by atoms with E-state index in [9.17, 15) is 4.39 Å². The maximum Gasteiger partial charge on any atom is 0.124 e. The first-order chi connectivity index (χ1) is 6.27. The average molecular weight is 171 g/mol. The van der Waals surface area contributed by atoms with E-state index >= 15 is 0 Å². The molecule has 13 heavy (non-hydrogen) atoms. The van der Waals surface area contributed by atoms with Crippen molar-refractivity contribution in [1.82, 2.24) is 0 Å². The Balaban J connectivity index is 3.17. The van der Waals surface area contributed by atoms with E-state index in [0.29, 0.717) is 11.1 Å². The van der Waals surface area contributed by atoms with Crippen LogP contribution in [0.25, 0.3) is 6.08 Å². The number of terminal acetylenes is 1. The number of allylic oxidation sites excluding steroid dienone is 1. The van der Waals surface area contributed by atoms with Gasteiger partial charge in [0.2, 0.25) is 0 Å². The van der Waals surface area contributed by atoms with E-state index in [1.807, 2.05) is 6.07 Å². The lowest BCUT2D eigenvalue weighted by atomic mass is 10.1. The lowest BCUT2D eigenvalue weighted by molar-refractivity contribution is 0.627. The van der Waals surface area contributed by atoms with Crippen LogP contribution < -0.4 is 0 Å². The average Bonchev–Trinajstić information content (AvgIpc) is 2.16. The first-order valence-corrected chi connectivity index (χ1v) is 3.60. The number of nitrogens with zero attached hydrogens (tertiary/aromatic N) is 1. The third-order valence-corrected chi connectivity index (χ3v) is 1.51. The van der Waals surface area contributed by atoms with Gasteiger partial charge in [0.15, 0.2) is 0 Å². The van der Waals surface area contributed by atoms with Gasteiger partial charge in [-0.25, -0.2) is 4.39 Å². The Morgan fingerprint density at radius 3 is 2.85 bits per heavy atom. The summed E-state index contributed by atoms with van der Waals surface area (Å²) in [5.74, 6) is 1.97. The van der Waals surface area contributed by atoms with Gasteiger partial charge < -0.3 is 0 Å². The van der Waals surface area contributed by atoms with Crippen molar-refractivity contribution in [1.29, 1.82) is 5.26 Å². The van der Waals surface area contributed by atoms with Gasteiger partial charge in [0.1, 0.15) is 5.82 Å². The molecule has 1 rings (SSSR count). The third kappa shape index (κ3) is 2.18. The largest absolute Gasteiger partial charge is 0.207 e. The highest BCUT2D eigenvalue weighted by Crippen LogP contribution is 2.11. The maximum atomic E-state index is 12.7. The van der Waals surface area contributed by atoms with Crippen molar-refractivity contribution in [3.8, 4) is 18.4 Å². The van der Waals surface area contributed by atoms with Gasteiger partial charge in [-0.05, 0) is 23.8 Å². The van der Waals surface area contributed by atoms with Crippen LogP contribution in [0.3, 0.4) is 0 Å². The van der Waals surface area contributed by atoms with E-state index in [1.165, 1.54) is 18.2 Å². The molecular formula is C11H6FN. The summed E-state index contributed by atoms with van der Waals surface area (Å²) in [6.07, 6.45) is 8.01. The lowest BCUT2D eigenvalue weighted by Gasteiger charge is -1.97. The van der Waals surface area contributed by atoms with Crippen molar-refractivity contribution in [2.45, 2.75) is 0 Å². The molecule has 0 radical (unpaired) electrons. The molecule has 0 unspecified atom stereocenters. The molecule has 62 valence electrons. The van der Waals surface area contributed by atoms with Gasteiger partial charge in [0.05, 0.1) is 6.07 Å². The van der Waals surface area contributed by atoms with Crippen molar-refractivity contribution < 1.29 is 4.39 Å². The van der Waals surface area contributed by atoms with Gasteiger partial charge in [0.25, 0.3) is 0 Å². The standard InChI is InChI=1S/C11H6FN/c1-2-9-8-11(12)6-5-10(9)4-3-7-13/h1,3-6,8H/b4-3+. The molecular weight excluding hydrogens is 165 g/mol. The maximum absolute atomic E-state index is 12.7. The second-order valence-electron chi connectivity index (χ2n) is 2.34. The smallest absolute Gasteiger partial charge is 0.124 e. The minimum Gasteiger partial charge on any atom is -0.207 e. The minimum absolute atomic E-state index is 0.373. The summed E-state index contributed by atoms with van der Waals surface area (Å²) in [6.45, 7) is 0. The molecule has 0 aliphatic carbocycles. The van der Waals surface area contributed by atoms with Gasteiger partial charge in [-0.2, -0.15) is 5.26 Å². The van der Waals surface area contributed by atoms with E-state index in [0.717, 1.165) is 0 Å². The predicted octanol–water partition coefficient (Wildman–Crippen LogP) is 2.34. The van der Waals surface area contributed by atoms with Gasteiger partial charge in [-0.15, -0.1) is 6.42 Å². The first-order valence-electron chi connectivity index (χ1n) is 3.60. The molecule has 0 bridgehead atoms. The summed E-state index contributed by atoms with van der Waals surface area (Å²) in [7, 11) is 0. The highest BCUT2D eigenvalue weighted by atomic mass is 19.1. The molecule has 0 saturated heterocycles. The monoisotopic (exact) mass is 171 g/mol. The topological polar surface area (TPSA) is 23.8 Å². The Morgan fingerprint density at radius 2 is 2.23 bits per heavy atom. The molecule has 0 heterocycles. The van der Waals surface area contributed by atoms with E-state index < -0.39 is 0 Å². The number of benzene rings is 1. The number of halogens is 1. The molecule has 0 saturated carbocycles. The van der Waals surface area contributed by atoms with Gasteiger partial charge in [-0.3, -0.25) is 0 Å². The third-order valence-electron chi connectivity index (χ3n) is 1.51. The normalized spacial score (nSPS) is 9.46. The van der Waals surface area contributed by atoms with Crippen LogP contribution in [-0.2, 0) is 0 Å². The van der Waals surface area contributed by atoms with Crippen molar-refractivity contribution in [2.75, 3.05) is 0 Å². The Kier molecular flexibility index (Phi) is 2.84. The van der Waals surface area contributed by atoms with Gasteiger partial charge >= 0.3 is 0 Å². The van der Waals surface area contributed by atoms with Crippen molar-refractivity contribution in [3.05, 3.63) is 41.2 Å². The molecule has 0 N–H and O–H groups in total. The summed E-state index contributed by atoms with van der Waals surface area (Å²) in [5, 5.41) is 8.28. The van der Waals surface area contributed by atoms with Crippen LogP contribution in [0.15, 0.2) is 24.3 Å². The van der Waals surface area contributed by atoms with E-state index in [4.69, 9.17) is 11.7 Å². The second-order valence-corrected chi connectivity index (χ2v) is 2.34. The molecule has 0 atom stereocenters. The van der Waals surface area contributed by atoms with Crippen LogP contribution in [0.5, 0.6) is 0 Å². The first kappa shape index (κ1) is 9.03. The zero-order chi connectivity index (χ0) is 9.68. The zero-order valence-corrected chi connectivity index (χ0v) is 6.79. The van der Waals surface area contributed by atoms with Crippen LogP contribution in [0.1, 0.15) is 11.1 Å². The zero-order valence-electron chi connectivity index (χ0n) is 6.79. The summed E-state index contributed by atoms with van der Waals surface area (Å²) < 4.78 is 12.7. The minimum atomic E-state index is -0.373.